The molecule has 3 heteroatoms. The van der Waals surface area contributed by atoms with Crippen LogP contribution in [0.25, 0.3) is 0 Å². The normalized spacial score (nSPS) is 26.4. The highest BCUT2D eigenvalue weighted by atomic mass is 15.3. The van der Waals surface area contributed by atoms with Gasteiger partial charge in [-0.1, -0.05) is 0 Å². The summed E-state index contributed by atoms with van der Waals surface area (Å²) in [5, 5.41) is 7.19. The van der Waals surface area contributed by atoms with Crippen molar-refractivity contribution in [3.63, 3.8) is 0 Å². The third-order valence-electron chi connectivity index (χ3n) is 4.38. The molecule has 16 heavy (non-hydrogen) atoms. The van der Waals surface area contributed by atoms with E-state index in [1.165, 1.54) is 32.4 Å². The van der Waals surface area contributed by atoms with Crippen molar-refractivity contribution in [2.75, 3.05) is 32.7 Å². The number of nitrogens with zero attached hydrogens (tertiary/aromatic N) is 1. The lowest BCUT2D eigenvalue weighted by molar-refractivity contribution is 0.0826. The molecule has 0 unspecified atom stereocenters. The third kappa shape index (κ3) is 2.76. The van der Waals surface area contributed by atoms with E-state index >= 15 is 0 Å². The molecule has 2 rings (SSSR count). The number of nitrogens with one attached hydrogen (secondary N) is 2. The fourth-order valence-electron chi connectivity index (χ4n) is 2.70. The summed E-state index contributed by atoms with van der Waals surface area (Å²) in [5.41, 5.74) is 0.728. The van der Waals surface area contributed by atoms with Crippen LogP contribution in [-0.2, 0) is 0 Å². The summed E-state index contributed by atoms with van der Waals surface area (Å²) in [6.45, 7) is 12.9. The summed E-state index contributed by atoms with van der Waals surface area (Å²) >= 11 is 0. The zero-order chi connectivity index (χ0) is 11.6. The van der Waals surface area contributed by atoms with Crippen molar-refractivity contribution in [1.82, 2.24) is 15.5 Å². The third-order valence-corrected chi connectivity index (χ3v) is 4.38. The fraction of sp³-hybridized carbons (Fsp3) is 1.00. The Labute approximate surface area is 100.0 Å². The van der Waals surface area contributed by atoms with Gasteiger partial charge in [0.2, 0.25) is 0 Å². The SMILES string of the molecule is CC1(NCC(C)(C)N2CCNCC2)CCC1. The van der Waals surface area contributed by atoms with Gasteiger partial charge in [-0.25, -0.2) is 0 Å². The topological polar surface area (TPSA) is 27.3 Å². The molecule has 1 aliphatic carbocycles. The molecule has 0 aromatic heterocycles. The predicted molar refractivity (Wildman–Crippen MR) is 68.8 cm³/mol. The first-order chi connectivity index (χ1) is 7.52. The molecule has 0 amide bonds. The van der Waals surface area contributed by atoms with Crippen molar-refractivity contribution < 1.29 is 0 Å². The second kappa shape index (κ2) is 4.63. The molecule has 0 radical (unpaired) electrons. The summed E-state index contributed by atoms with van der Waals surface area (Å²) < 4.78 is 0. The van der Waals surface area contributed by atoms with Crippen LogP contribution in [0.2, 0.25) is 0 Å². The van der Waals surface area contributed by atoms with Gasteiger partial charge in [0.05, 0.1) is 0 Å². The van der Waals surface area contributed by atoms with Gasteiger partial charge in [0.15, 0.2) is 0 Å². The Morgan fingerprint density at radius 3 is 2.38 bits per heavy atom. The molecule has 1 saturated carbocycles. The van der Waals surface area contributed by atoms with Gasteiger partial charge in [0, 0.05) is 43.8 Å². The Hall–Kier alpha value is -0.120. The van der Waals surface area contributed by atoms with Crippen LogP contribution in [0, 0.1) is 0 Å². The van der Waals surface area contributed by atoms with Crippen LogP contribution in [0.1, 0.15) is 40.0 Å². The first-order valence-corrected chi connectivity index (χ1v) is 6.73. The van der Waals surface area contributed by atoms with Gasteiger partial charge in [-0.3, -0.25) is 4.90 Å². The van der Waals surface area contributed by atoms with E-state index in [1.807, 2.05) is 0 Å². The summed E-state index contributed by atoms with van der Waals surface area (Å²) in [4.78, 5) is 2.61. The Balaban J connectivity index is 1.81. The fourth-order valence-corrected chi connectivity index (χ4v) is 2.70. The Morgan fingerprint density at radius 1 is 1.25 bits per heavy atom. The minimum Gasteiger partial charge on any atom is -0.314 e. The molecule has 2 aliphatic rings. The highest BCUT2D eigenvalue weighted by molar-refractivity contribution is 4.95. The lowest BCUT2D eigenvalue weighted by Gasteiger charge is -2.46. The highest BCUT2D eigenvalue weighted by Gasteiger charge is 2.35. The standard InChI is InChI=1S/C13H27N3/c1-12(2,16-9-7-14-8-10-16)11-15-13(3)5-4-6-13/h14-15H,4-11H2,1-3H3. The van der Waals surface area contributed by atoms with Crippen LogP contribution in [0.4, 0.5) is 0 Å². The molecule has 94 valence electrons. The van der Waals surface area contributed by atoms with E-state index in [2.05, 4.69) is 36.3 Å². The lowest BCUT2D eigenvalue weighted by atomic mass is 9.78. The Morgan fingerprint density at radius 2 is 1.88 bits per heavy atom. The number of piperazine rings is 1. The molecule has 0 aromatic rings. The Kier molecular flexibility index (Phi) is 3.57. The molecule has 0 atom stereocenters. The maximum absolute atomic E-state index is 3.77. The molecule has 0 bridgehead atoms. The van der Waals surface area contributed by atoms with Crippen molar-refractivity contribution in [3.05, 3.63) is 0 Å². The molecule has 2 fully saturated rings. The first-order valence-electron chi connectivity index (χ1n) is 6.73. The van der Waals surface area contributed by atoms with Crippen LogP contribution >= 0.6 is 0 Å². The van der Waals surface area contributed by atoms with Crippen LogP contribution in [0.15, 0.2) is 0 Å². The van der Waals surface area contributed by atoms with Gasteiger partial charge >= 0.3 is 0 Å². The largest absolute Gasteiger partial charge is 0.314 e. The van der Waals surface area contributed by atoms with Gasteiger partial charge in [0.25, 0.3) is 0 Å². The summed E-state index contributed by atoms with van der Waals surface area (Å²) in [6, 6.07) is 0. The van der Waals surface area contributed by atoms with Crippen molar-refractivity contribution in [1.29, 1.82) is 0 Å². The van der Waals surface area contributed by atoms with E-state index in [4.69, 9.17) is 0 Å². The van der Waals surface area contributed by atoms with Gasteiger partial charge < -0.3 is 10.6 Å². The van der Waals surface area contributed by atoms with Crippen LogP contribution in [0.3, 0.4) is 0 Å². The summed E-state index contributed by atoms with van der Waals surface area (Å²) in [5.74, 6) is 0. The molecule has 0 spiro atoms. The molecular weight excluding hydrogens is 198 g/mol. The van der Waals surface area contributed by atoms with E-state index in [0.29, 0.717) is 11.1 Å². The van der Waals surface area contributed by atoms with E-state index in [-0.39, 0.29) is 0 Å². The van der Waals surface area contributed by atoms with Crippen molar-refractivity contribution in [2.45, 2.75) is 51.1 Å². The molecule has 1 saturated heterocycles. The van der Waals surface area contributed by atoms with Crippen LogP contribution < -0.4 is 10.6 Å². The predicted octanol–water partition coefficient (Wildman–Crippen LogP) is 1.20. The maximum atomic E-state index is 3.77. The van der Waals surface area contributed by atoms with Gasteiger partial charge in [-0.05, 0) is 40.0 Å². The molecule has 2 N–H and O–H groups in total. The molecule has 0 aromatic carbocycles. The lowest BCUT2D eigenvalue weighted by Crippen LogP contribution is -2.60. The second-order valence-corrected chi connectivity index (χ2v) is 6.32. The number of hydrogen-bond acceptors (Lipinski definition) is 3. The second-order valence-electron chi connectivity index (χ2n) is 6.32. The van der Waals surface area contributed by atoms with E-state index < -0.39 is 0 Å². The quantitative estimate of drug-likeness (QED) is 0.753. The number of rotatable bonds is 4. The maximum Gasteiger partial charge on any atom is 0.0278 e. The minimum absolute atomic E-state index is 0.292. The van der Waals surface area contributed by atoms with Crippen molar-refractivity contribution >= 4 is 0 Å². The molecule has 1 aliphatic heterocycles. The average Bonchev–Trinajstić information content (AvgIpc) is 2.25. The average molecular weight is 225 g/mol. The number of hydrogen-bond donors (Lipinski definition) is 2. The monoisotopic (exact) mass is 225 g/mol. The van der Waals surface area contributed by atoms with E-state index in [9.17, 15) is 0 Å². The molecule has 3 nitrogen and oxygen atoms in total. The van der Waals surface area contributed by atoms with Crippen molar-refractivity contribution in [3.8, 4) is 0 Å². The summed E-state index contributed by atoms with van der Waals surface area (Å²) in [6.07, 6.45) is 4.10. The zero-order valence-corrected chi connectivity index (χ0v) is 11.1. The molecule has 1 heterocycles. The first kappa shape index (κ1) is 12.3. The van der Waals surface area contributed by atoms with Gasteiger partial charge in [-0.15, -0.1) is 0 Å². The highest BCUT2D eigenvalue weighted by Crippen LogP contribution is 2.31. The van der Waals surface area contributed by atoms with Gasteiger partial charge in [0.1, 0.15) is 0 Å². The smallest absolute Gasteiger partial charge is 0.0278 e. The zero-order valence-electron chi connectivity index (χ0n) is 11.1. The van der Waals surface area contributed by atoms with Gasteiger partial charge in [-0.2, -0.15) is 0 Å². The van der Waals surface area contributed by atoms with E-state index in [1.54, 1.807) is 0 Å². The molecular formula is C13H27N3. The summed E-state index contributed by atoms with van der Waals surface area (Å²) in [7, 11) is 0. The van der Waals surface area contributed by atoms with Crippen LogP contribution in [0.5, 0.6) is 0 Å². The van der Waals surface area contributed by atoms with Crippen LogP contribution in [-0.4, -0.2) is 48.7 Å². The van der Waals surface area contributed by atoms with E-state index in [0.717, 1.165) is 19.6 Å². The van der Waals surface area contributed by atoms with Crippen molar-refractivity contribution in [2.24, 2.45) is 0 Å². The minimum atomic E-state index is 0.292. The Bertz CT molecular complexity index is 227.